The molecule has 4 nitrogen and oxygen atoms in total. The summed E-state index contributed by atoms with van der Waals surface area (Å²) in [4.78, 5) is 15.1. The van der Waals surface area contributed by atoms with E-state index in [1.54, 1.807) is 11.8 Å². The number of azide groups is 1. The Morgan fingerprint density at radius 2 is 2.21 bits per heavy atom. The van der Waals surface area contributed by atoms with Crippen molar-refractivity contribution >= 4 is 17.5 Å². The van der Waals surface area contributed by atoms with Crippen molar-refractivity contribution < 1.29 is 4.79 Å². The van der Waals surface area contributed by atoms with Gasteiger partial charge in [-0.1, -0.05) is 25.9 Å². The standard InChI is InChI=1S/C14H25N3OS/c1-13(2,3)11-6-7-12(18)14(10-11,19-4)8-5-9-16-17-15/h11H,5-10H2,1-4H3/t11-,14+/m1/s1. The smallest absolute Gasteiger partial charge is 0.148 e. The summed E-state index contributed by atoms with van der Waals surface area (Å²) >= 11 is 1.69. The van der Waals surface area contributed by atoms with Gasteiger partial charge in [-0.05, 0) is 48.8 Å². The minimum atomic E-state index is -0.249. The van der Waals surface area contributed by atoms with Crippen LogP contribution >= 0.6 is 11.8 Å². The van der Waals surface area contributed by atoms with Crippen LogP contribution in [-0.2, 0) is 4.79 Å². The van der Waals surface area contributed by atoms with Gasteiger partial charge in [-0.2, -0.15) is 11.8 Å². The summed E-state index contributed by atoms with van der Waals surface area (Å²) < 4.78 is -0.249. The third-order valence-electron chi connectivity index (χ3n) is 4.32. The second kappa shape index (κ2) is 6.67. The molecule has 1 saturated carbocycles. The van der Waals surface area contributed by atoms with Crippen molar-refractivity contribution in [2.75, 3.05) is 12.8 Å². The van der Waals surface area contributed by atoms with Crippen molar-refractivity contribution in [3.8, 4) is 0 Å². The van der Waals surface area contributed by atoms with Gasteiger partial charge in [0.1, 0.15) is 5.78 Å². The lowest BCUT2D eigenvalue weighted by molar-refractivity contribution is -0.124. The molecule has 1 rings (SSSR count). The number of hydrogen-bond donors (Lipinski definition) is 0. The molecule has 0 bridgehead atoms. The Balaban J connectivity index is 2.76. The fourth-order valence-electron chi connectivity index (χ4n) is 2.91. The molecule has 5 heteroatoms. The predicted octanol–water partition coefficient (Wildman–Crippen LogP) is 4.59. The molecule has 0 amide bonds. The second-order valence-electron chi connectivity index (χ2n) is 6.49. The molecule has 0 aromatic heterocycles. The van der Waals surface area contributed by atoms with Gasteiger partial charge in [-0.25, -0.2) is 0 Å². The fraction of sp³-hybridized carbons (Fsp3) is 0.929. The molecule has 0 aliphatic heterocycles. The molecule has 0 radical (unpaired) electrons. The molecule has 1 aliphatic rings. The van der Waals surface area contributed by atoms with Gasteiger partial charge in [-0.15, -0.1) is 0 Å². The van der Waals surface area contributed by atoms with E-state index in [9.17, 15) is 4.79 Å². The Morgan fingerprint density at radius 3 is 2.74 bits per heavy atom. The maximum absolute atomic E-state index is 12.4. The van der Waals surface area contributed by atoms with E-state index in [4.69, 9.17) is 5.53 Å². The number of carbonyl (C=O) groups excluding carboxylic acids is 1. The summed E-state index contributed by atoms with van der Waals surface area (Å²) in [5.74, 6) is 0.985. The Kier molecular flexibility index (Phi) is 5.75. The number of ketones is 1. The summed E-state index contributed by atoms with van der Waals surface area (Å²) in [5, 5.41) is 3.57. The molecule has 19 heavy (non-hydrogen) atoms. The number of Topliss-reactive ketones (excluding diaryl/α,β-unsaturated/α-hetero) is 1. The average Bonchev–Trinajstić information content (AvgIpc) is 2.35. The van der Waals surface area contributed by atoms with Crippen LogP contribution in [0.15, 0.2) is 5.11 Å². The topological polar surface area (TPSA) is 65.8 Å². The molecule has 0 heterocycles. The van der Waals surface area contributed by atoms with Crippen LogP contribution in [0.5, 0.6) is 0 Å². The first-order valence-electron chi connectivity index (χ1n) is 6.95. The van der Waals surface area contributed by atoms with E-state index in [0.29, 0.717) is 24.7 Å². The molecular formula is C14H25N3OS. The van der Waals surface area contributed by atoms with Gasteiger partial charge in [0, 0.05) is 17.9 Å². The maximum atomic E-state index is 12.4. The molecule has 0 aromatic carbocycles. The third kappa shape index (κ3) is 4.15. The SMILES string of the molecule is CS[C@@]1(CCCN=[N+]=[N-])C[C@H](C(C)(C)C)CCC1=O. The minimum absolute atomic E-state index is 0.249. The van der Waals surface area contributed by atoms with E-state index in [1.165, 1.54) is 0 Å². The summed E-state index contributed by atoms with van der Waals surface area (Å²) in [7, 11) is 0. The molecule has 2 atom stereocenters. The summed E-state index contributed by atoms with van der Waals surface area (Å²) in [6.07, 6.45) is 6.35. The zero-order valence-corrected chi connectivity index (χ0v) is 13.3. The number of thioether (sulfide) groups is 1. The van der Waals surface area contributed by atoms with Crippen LogP contribution < -0.4 is 0 Å². The summed E-state index contributed by atoms with van der Waals surface area (Å²) in [6.45, 7) is 7.28. The van der Waals surface area contributed by atoms with Crippen molar-refractivity contribution in [3.05, 3.63) is 10.4 Å². The van der Waals surface area contributed by atoms with E-state index < -0.39 is 0 Å². The predicted molar refractivity (Wildman–Crippen MR) is 81.3 cm³/mol. The highest BCUT2D eigenvalue weighted by Crippen LogP contribution is 2.47. The Morgan fingerprint density at radius 1 is 1.53 bits per heavy atom. The highest BCUT2D eigenvalue weighted by atomic mass is 32.2. The van der Waals surface area contributed by atoms with Gasteiger partial charge in [0.15, 0.2) is 0 Å². The van der Waals surface area contributed by atoms with Crippen LogP contribution in [0.3, 0.4) is 0 Å². The first-order valence-corrected chi connectivity index (χ1v) is 8.17. The minimum Gasteiger partial charge on any atom is -0.298 e. The Hall–Kier alpha value is -0.670. The van der Waals surface area contributed by atoms with Crippen LogP contribution in [0.2, 0.25) is 0 Å². The van der Waals surface area contributed by atoms with Gasteiger partial charge in [0.25, 0.3) is 0 Å². The number of carbonyl (C=O) groups is 1. The fourth-order valence-corrected chi connectivity index (χ4v) is 3.95. The van der Waals surface area contributed by atoms with E-state index in [0.717, 1.165) is 25.7 Å². The van der Waals surface area contributed by atoms with Gasteiger partial charge in [0.2, 0.25) is 0 Å². The number of rotatable bonds is 5. The molecule has 1 fully saturated rings. The molecule has 0 saturated heterocycles. The van der Waals surface area contributed by atoms with Crippen LogP contribution in [0.1, 0.15) is 52.9 Å². The van der Waals surface area contributed by atoms with E-state index in [2.05, 4.69) is 30.8 Å². The highest BCUT2D eigenvalue weighted by molar-refractivity contribution is 8.00. The van der Waals surface area contributed by atoms with E-state index >= 15 is 0 Å². The van der Waals surface area contributed by atoms with Gasteiger partial charge < -0.3 is 0 Å². The summed E-state index contributed by atoms with van der Waals surface area (Å²) in [5.41, 5.74) is 8.57. The quantitative estimate of drug-likeness (QED) is 0.320. The second-order valence-corrected chi connectivity index (χ2v) is 7.68. The van der Waals surface area contributed by atoms with E-state index in [1.807, 2.05) is 6.26 Å². The maximum Gasteiger partial charge on any atom is 0.148 e. The van der Waals surface area contributed by atoms with Gasteiger partial charge in [0.05, 0.1) is 4.75 Å². The van der Waals surface area contributed by atoms with Crippen molar-refractivity contribution in [1.82, 2.24) is 0 Å². The van der Waals surface area contributed by atoms with Crippen LogP contribution in [0.4, 0.5) is 0 Å². The van der Waals surface area contributed by atoms with Gasteiger partial charge in [-0.3, -0.25) is 4.79 Å². The molecule has 0 N–H and O–H groups in total. The lowest BCUT2D eigenvalue weighted by Gasteiger charge is -2.43. The summed E-state index contributed by atoms with van der Waals surface area (Å²) in [6, 6.07) is 0. The average molecular weight is 283 g/mol. The molecule has 0 aromatic rings. The van der Waals surface area contributed by atoms with Gasteiger partial charge >= 0.3 is 0 Å². The first kappa shape index (κ1) is 16.4. The molecular weight excluding hydrogens is 258 g/mol. The van der Waals surface area contributed by atoms with E-state index in [-0.39, 0.29) is 10.2 Å². The van der Waals surface area contributed by atoms with Crippen molar-refractivity contribution in [3.63, 3.8) is 0 Å². The first-order chi connectivity index (χ1) is 8.85. The lowest BCUT2D eigenvalue weighted by Crippen LogP contribution is -2.44. The monoisotopic (exact) mass is 283 g/mol. The highest BCUT2D eigenvalue weighted by Gasteiger charge is 2.44. The van der Waals surface area contributed by atoms with Crippen LogP contribution in [-0.4, -0.2) is 23.3 Å². The zero-order chi connectivity index (χ0) is 14.5. The number of hydrogen-bond acceptors (Lipinski definition) is 3. The molecule has 0 unspecified atom stereocenters. The Labute approximate surface area is 120 Å². The zero-order valence-electron chi connectivity index (χ0n) is 12.5. The van der Waals surface area contributed by atoms with Crippen LogP contribution in [0, 0.1) is 11.3 Å². The lowest BCUT2D eigenvalue weighted by atomic mass is 9.67. The third-order valence-corrected chi connectivity index (χ3v) is 5.70. The molecule has 1 aliphatic carbocycles. The van der Waals surface area contributed by atoms with Crippen molar-refractivity contribution in [1.29, 1.82) is 0 Å². The largest absolute Gasteiger partial charge is 0.298 e. The van der Waals surface area contributed by atoms with Crippen molar-refractivity contribution in [2.45, 2.75) is 57.6 Å². The van der Waals surface area contributed by atoms with Crippen molar-refractivity contribution in [2.24, 2.45) is 16.4 Å². The molecule has 108 valence electrons. The number of nitrogens with zero attached hydrogens (tertiary/aromatic N) is 3. The normalized spacial score (nSPS) is 28.0. The van der Waals surface area contributed by atoms with Crippen LogP contribution in [0.25, 0.3) is 10.4 Å². The molecule has 0 spiro atoms. The Bertz CT molecular complexity index is 371.